The van der Waals surface area contributed by atoms with Crippen LogP contribution in [0, 0.1) is 0 Å². The van der Waals surface area contributed by atoms with Gasteiger partial charge in [0, 0.05) is 17.7 Å². The third kappa shape index (κ3) is 3.09. The van der Waals surface area contributed by atoms with E-state index >= 15 is 0 Å². The summed E-state index contributed by atoms with van der Waals surface area (Å²) in [5, 5.41) is 2.69. The molecule has 1 saturated carbocycles. The van der Waals surface area contributed by atoms with Crippen LogP contribution in [0.3, 0.4) is 0 Å². The van der Waals surface area contributed by atoms with Crippen LogP contribution in [-0.2, 0) is 4.79 Å². The van der Waals surface area contributed by atoms with Gasteiger partial charge in [-0.1, -0.05) is 49.6 Å². The van der Waals surface area contributed by atoms with Crippen molar-refractivity contribution >= 4 is 18.0 Å². The summed E-state index contributed by atoms with van der Waals surface area (Å²) in [4.78, 5) is 26.2. The van der Waals surface area contributed by atoms with Gasteiger partial charge in [0.1, 0.15) is 17.2 Å². The van der Waals surface area contributed by atoms with Crippen LogP contribution in [0.1, 0.15) is 37.9 Å². The third-order valence-electron chi connectivity index (χ3n) is 4.82. The Hall–Kier alpha value is -2.82. The first-order valence-electron chi connectivity index (χ1n) is 8.74. The molecule has 2 fully saturated rings. The maximum atomic E-state index is 12.6. The van der Waals surface area contributed by atoms with E-state index in [1.165, 1.54) is 11.3 Å². The van der Waals surface area contributed by atoms with Crippen molar-refractivity contribution < 1.29 is 14.0 Å². The molecule has 0 radical (unpaired) electrons. The molecule has 1 N–H and O–H groups in total. The highest BCUT2D eigenvalue weighted by atomic mass is 16.3. The van der Waals surface area contributed by atoms with Gasteiger partial charge in [0.25, 0.3) is 5.91 Å². The molecule has 0 spiro atoms. The normalized spacial score (nSPS) is 20.3. The Labute approximate surface area is 146 Å². The molecule has 1 aromatic carbocycles. The van der Waals surface area contributed by atoms with Crippen LogP contribution in [0.5, 0.6) is 0 Å². The maximum Gasteiger partial charge on any atom is 0.329 e. The lowest BCUT2D eigenvalue weighted by atomic mass is 9.94. The van der Waals surface area contributed by atoms with Crippen molar-refractivity contribution in [3.05, 3.63) is 53.9 Å². The van der Waals surface area contributed by atoms with Crippen molar-refractivity contribution in [2.75, 3.05) is 0 Å². The summed E-state index contributed by atoms with van der Waals surface area (Å²) in [6.45, 7) is 0. The molecule has 1 aliphatic carbocycles. The second-order valence-electron chi connectivity index (χ2n) is 6.52. The SMILES string of the molecule is O=C1N/C(=C/c2ccc(-c3ccccc3)o2)C(=O)N1C1CCCCC1. The second-order valence-corrected chi connectivity index (χ2v) is 6.52. The van der Waals surface area contributed by atoms with Crippen LogP contribution in [0.15, 0.2) is 52.6 Å². The lowest BCUT2D eigenvalue weighted by molar-refractivity contribution is -0.124. The Balaban J connectivity index is 1.55. The minimum Gasteiger partial charge on any atom is -0.457 e. The molecule has 0 bridgehead atoms. The Kier molecular flexibility index (Phi) is 4.14. The fourth-order valence-electron chi connectivity index (χ4n) is 3.55. The molecule has 1 aromatic heterocycles. The van der Waals surface area contributed by atoms with Crippen molar-refractivity contribution in [3.63, 3.8) is 0 Å². The minimum absolute atomic E-state index is 0.0173. The van der Waals surface area contributed by atoms with Crippen molar-refractivity contribution in [2.45, 2.75) is 38.1 Å². The van der Waals surface area contributed by atoms with Gasteiger partial charge in [0.05, 0.1) is 0 Å². The van der Waals surface area contributed by atoms with Crippen molar-refractivity contribution in [2.24, 2.45) is 0 Å². The molecule has 2 aliphatic rings. The molecule has 5 heteroatoms. The standard InChI is InChI=1S/C20H20N2O3/c23-19-17(21-20(24)22(19)15-9-5-2-6-10-15)13-16-11-12-18(25-16)14-7-3-1-4-8-14/h1,3-4,7-8,11-13,15H,2,5-6,9-10H2,(H,21,24)/b17-13+. The number of hydrogen-bond acceptors (Lipinski definition) is 3. The number of nitrogens with zero attached hydrogens (tertiary/aromatic N) is 1. The first-order valence-corrected chi connectivity index (χ1v) is 8.74. The van der Waals surface area contributed by atoms with Gasteiger partial charge in [-0.3, -0.25) is 9.69 Å². The molecule has 5 nitrogen and oxygen atoms in total. The van der Waals surface area contributed by atoms with Gasteiger partial charge in [-0.15, -0.1) is 0 Å². The first kappa shape index (κ1) is 15.7. The zero-order chi connectivity index (χ0) is 17.2. The zero-order valence-corrected chi connectivity index (χ0v) is 13.9. The molecule has 2 heterocycles. The largest absolute Gasteiger partial charge is 0.457 e. The Morgan fingerprint density at radius 3 is 2.52 bits per heavy atom. The summed E-state index contributed by atoms with van der Waals surface area (Å²) < 4.78 is 5.80. The number of urea groups is 1. The zero-order valence-electron chi connectivity index (χ0n) is 13.9. The summed E-state index contributed by atoms with van der Waals surface area (Å²) in [6.07, 6.45) is 6.71. The summed E-state index contributed by atoms with van der Waals surface area (Å²) >= 11 is 0. The summed E-state index contributed by atoms with van der Waals surface area (Å²) in [7, 11) is 0. The van der Waals surface area contributed by atoms with E-state index in [-0.39, 0.29) is 23.7 Å². The number of carbonyl (C=O) groups excluding carboxylic acids is 2. The fourth-order valence-corrected chi connectivity index (χ4v) is 3.55. The molecule has 0 unspecified atom stereocenters. The Bertz CT molecular complexity index is 816. The third-order valence-corrected chi connectivity index (χ3v) is 4.82. The van der Waals surface area contributed by atoms with Gasteiger partial charge in [0.2, 0.25) is 0 Å². The molecule has 1 aliphatic heterocycles. The number of imide groups is 1. The van der Waals surface area contributed by atoms with E-state index in [1.807, 2.05) is 36.4 Å². The second kappa shape index (κ2) is 6.59. The predicted molar refractivity (Wildman–Crippen MR) is 94.4 cm³/mol. The summed E-state index contributed by atoms with van der Waals surface area (Å²) in [5.74, 6) is 1.02. The van der Waals surface area contributed by atoms with Gasteiger partial charge < -0.3 is 9.73 Å². The minimum atomic E-state index is -0.321. The quantitative estimate of drug-likeness (QED) is 0.676. The average Bonchev–Trinajstić information content (AvgIpc) is 3.22. The Morgan fingerprint density at radius 1 is 1.00 bits per heavy atom. The number of carbonyl (C=O) groups is 2. The fraction of sp³-hybridized carbons (Fsp3) is 0.300. The van der Waals surface area contributed by atoms with Crippen LogP contribution in [-0.4, -0.2) is 22.9 Å². The topological polar surface area (TPSA) is 62.6 Å². The number of rotatable bonds is 3. The van der Waals surface area contributed by atoms with E-state index in [4.69, 9.17) is 4.42 Å². The first-order chi connectivity index (χ1) is 12.2. The maximum absolute atomic E-state index is 12.6. The van der Waals surface area contributed by atoms with Crippen LogP contribution < -0.4 is 5.32 Å². The van der Waals surface area contributed by atoms with Gasteiger partial charge in [-0.2, -0.15) is 0 Å². The summed E-state index contributed by atoms with van der Waals surface area (Å²) in [6, 6.07) is 13.1. The molecule has 4 rings (SSSR count). The lowest BCUT2D eigenvalue weighted by Crippen LogP contribution is -2.41. The van der Waals surface area contributed by atoms with Gasteiger partial charge in [-0.25, -0.2) is 4.79 Å². The van der Waals surface area contributed by atoms with Gasteiger partial charge in [-0.05, 0) is 25.0 Å². The van der Waals surface area contributed by atoms with E-state index in [0.717, 1.165) is 37.0 Å². The lowest BCUT2D eigenvalue weighted by Gasteiger charge is -2.28. The molecular formula is C20H20N2O3. The molecule has 25 heavy (non-hydrogen) atoms. The number of benzene rings is 1. The number of nitrogens with one attached hydrogen (secondary N) is 1. The van der Waals surface area contributed by atoms with Crippen molar-refractivity contribution in [1.82, 2.24) is 10.2 Å². The van der Waals surface area contributed by atoms with Crippen LogP contribution in [0.4, 0.5) is 4.79 Å². The monoisotopic (exact) mass is 336 g/mol. The van der Waals surface area contributed by atoms with Gasteiger partial charge in [0.15, 0.2) is 0 Å². The van der Waals surface area contributed by atoms with Crippen molar-refractivity contribution in [3.8, 4) is 11.3 Å². The molecule has 128 valence electrons. The van der Waals surface area contributed by atoms with E-state index in [1.54, 1.807) is 12.1 Å². The predicted octanol–water partition coefficient (Wildman–Crippen LogP) is 4.17. The van der Waals surface area contributed by atoms with E-state index < -0.39 is 0 Å². The van der Waals surface area contributed by atoms with Crippen LogP contribution in [0.25, 0.3) is 17.4 Å². The number of furan rings is 1. The van der Waals surface area contributed by atoms with E-state index in [0.29, 0.717) is 5.76 Å². The molecule has 3 amide bonds. The number of amides is 3. The summed E-state index contributed by atoms with van der Waals surface area (Å²) in [5.41, 5.74) is 1.25. The van der Waals surface area contributed by atoms with Crippen molar-refractivity contribution in [1.29, 1.82) is 0 Å². The van der Waals surface area contributed by atoms with Gasteiger partial charge >= 0.3 is 6.03 Å². The Morgan fingerprint density at radius 2 is 1.76 bits per heavy atom. The highest BCUT2D eigenvalue weighted by Crippen LogP contribution is 2.28. The van der Waals surface area contributed by atoms with Crippen LogP contribution >= 0.6 is 0 Å². The van der Waals surface area contributed by atoms with E-state index in [2.05, 4.69) is 5.32 Å². The highest BCUT2D eigenvalue weighted by Gasteiger charge is 2.39. The number of hydrogen-bond donors (Lipinski definition) is 1. The smallest absolute Gasteiger partial charge is 0.329 e. The molecule has 2 aromatic rings. The molecule has 0 atom stereocenters. The molecule has 1 saturated heterocycles. The van der Waals surface area contributed by atoms with Crippen LogP contribution in [0.2, 0.25) is 0 Å². The highest BCUT2D eigenvalue weighted by molar-refractivity contribution is 6.14. The van der Waals surface area contributed by atoms with E-state index in [9.17, 15) is 9.59 Å². The average molecular weight is 336 g/mol. The molecular weight excluding hydrogens is 316 g/mol.